The predicted molar refractivity (Wildman–Crippen MR) is 115 cm³/mol. The molecule has 7 nitrogen and oxygen atoms in total. The zero-order valence-corrected chi connectivity index (χ0v) is 17.7. The van der Waals surface area contributed by atoms with Gasteiger partial charge in [-0.05, 0) is 42.0 Å². The minimum atomic E-state index is -4.46. The summed E-state index contributed by atoms with van der Waals surface area (Å²) in [5.41, 5.74) is 0.809. The van der Waals surface area contributed by atoms with Crippen LogP contribution >= 0.6 is 11.6 Å². The molecule has 170 valence electrons. The van der Waals surface area contributed by atoms with Crippen molar-refractivity contribution in [3.8, 4) is 5.75 Å². The Morgan fingerprint density at radius 1 is 1.09 bits per heavy atom. The van der Waals surface area contributed by atoms with E-state index in [0.29, 0.717) is 17.3 Å². The number of halogens is 4. The molecule has 4 aromatic rings. The van der Waals surface area contributed by atoms with E-state index in [9.17, 15) is 18.0 Å². The van der Waals surface area contributed by atoms with E-state index in [2.05, 4.69) is 15.5 Å². The van der Waals surface area contributed by atoms with Crippen LogP contribution in [0.3, 0.4) is 0 Å². The summed E-state index contributed by atoms with van der Waals surface area (Å²) in [6.07, 6.45) is 0.278. The Balaban J connectivity index is 1.36. The van der Waals surface area contributed by atoms with E-state index in [1.54, 1.807) is 35.3 Å². The van der Waals surface area contributed by atoms with E-state index in [0.717, 1.165) is 17.7 Å². The van der Waals surface area contributed by atoms with E-state index in [4.69, 9.17) is 16.3 Å². The highest BCUT2D eigenvalue weighted by atomic mass is 35.5. The van der Waals surface area contributed by atoms with Crippen molar-refractivity contribution in [1.29, 1.82) is 0 Å². The molecular weight excluding hydrogens is 459 g/mol. The molecule has 1 N–H and O–H groups in total. The van der Waals surface area contributed by atoms with Crippen molar-refractivity contribution in [2.24, 2.45) is 0 Å². The number of hydrogen-bond acceptors (Lipinski definition) is 4. The summed E-state index contributed by atoms with van der Waals surface area (Å²) < 4.78 is 46.8. The third-order valence-electron chi connectivity index (χ3n) is 4.53. The molecule has 2 aromatic heterocycles. The molecule has 0 saturated heterocycles. The molecule has 0 saturated carbocycles. The van der Waals surface area contributed by atoms with Crippen LogP contribution in [0.1, 0.15) is 21.6 Å². The summed E-state index contributed by atoms with van der Waals surface area (Å²) in [6, 6.07) is 13.3. The largest absolute Gasteiger partial charge is 0.471 e. The first-order valence-electron chi connectivity index (χ1n) is 9.68. The molecular formula is C22H17ClF3N5O2. The second kappa shape index (κ2) is 9.37. The van der Waals surface area contributed by atoms with Crippen LogP contribution in [0.2, 0.25) is 5.02 Å². The summed E-state index contributed by atoms with van der Waals surface area (Å²) in [6.45, 7) is 0.328. The number of amides is 1. The highest BCUT2D eigenvalue weighted by Crippen LogP contribution is 2.31. The van der Waals surface area contributed by atoms with Crippen molar-refractivity contribution >= 4 is 23.2 Å². The third-order valence-corrected chi connectivity index (χ3v) is 4.72. The zero-order chi connectivity index (χ0) is 23.4. The van der Waals surface area contributed by atoms with Crippen molar-refractivity contribution in [1.82, 2.24) is 19.6 Å². The molecule has 0 fully saturated rings. The maximum absolute atomic E-state index is 12.8. The average molecular weight is 476 g/mol. The van der Waals surface area contributed by atoms with E-state index in [1.165, 1.54) is 29.1 Å². The van der Waals surface area contributed by atoms with Crippen molar-refractivity contribution in [2.45, 2.75) is 19.5 Å². The lowest BCUT2D eigenvalue weighted by atomic mass is 10.2. The second-order valence-corrected chi connectivity index (χ2v) is 7.49. The van der Waals surface area contributed by atoms with Crippen molar-refractivity contribution in [3.05, 3.63) is 95.0 Å². The lowest BCUT2D eigenvalue weighted by molar-refractivity contribution is -0.137. The summed E-state index contributed by atoms with van der Waals surface area (Å²) in [7, 11) is 0. The van der Waals surface area contributed by atoms with Gasteiger partial charge in [0.1, 0.15) is 5.75 Å². The van der Waals surface area contributed by atoms with Crippen LogP contribution < -0.4 is 10.1 Å². The highest BCUT2D eigenvalue weighted by molar-refractivity contribution is 6.30. The maximum Gasteiger partial charge on any atom is 0.416 e. The molecule has 0 atom stereocenters. The smallest absolute Gasteiger partial charge is 0.416 e. The van der Waals surface area contributed by atoms with Gasteiger partial charge in [0.15, 0.2) is 12.4 Å². The quantitative estimate of drug-likeness (QED) is 0.404. The van der Waals surface area contributed by atoms with Crippen LogP contribution in [-0.2, 0) is 19.5 Å². The molecule has 11 heteroatoms. The van der Waals surface area contributed by atoms with Gasteiger partial charge in [-0.15, -0.1) is 0 Å². The number of anilines is 1. The first-order chi connectivity index (χ1) is 15.8. The average Bonchev–Trinajstić information content (AvgIpc) is 3.41. The standard InChI is InChI=1S/C22H17ClF3N5O2/c23-17-11-27-31(13-17)12-15-3-1-5-18(9-15)28-21(32)20-7-8-30(29-20)14-33-19-6-2-4-16(10-19)22(24,25)26/h1-11,13H,12,14H2,(H,28,32). The molecule has 0 bridgehead atoms. The second-order valence-electron chi connectivity index (χ2n) is 7.05. The Hall–Kier alpha value is -3.79. The molecule has 0 aliphatic rings. The number of carbonyl (C=O) groups is 1. The minimum absolute atomic E-state index is 0.0432. The number of nitrogens with one attached hydrogen (secondary N) is 1. The van der Waals surface area contributed by atoms with Crippen LogP contribution in [0.15, 0.2) is 73.2 Å². The first kappa shape index (κ1) is 22.4. The van der Waals surface area contributed by atoms with Crippen molar-refractivity contribution in [3.63, 3.8) is 0 Å². The number of alkyl halides is 3. The Kier molecular flexibility index (Phi) is 6.36. The Labute approximate surface area is 191 Å². The number of rotatable bonds is 7. The highest BCUT2D eigenvalue weighted by Gasteiger charge is 2.30. The maximum atomic E-state index is 12.8. The number of aromatic nitrogens is 4. The molecule has 0 radical (unpaired) electrons. The first-order valence-corrected chi connectivity index (χ1v) is 10.1. The van der Waals surface area contributed by atoms with Gasteiger partial charge in [-0.25, -0.2) is 4.68 Å². The number of nitrogens with zero attached hydrogens (tertiary/aromatic N) is 4. The summed E-state index contributed by atoms with van der Waals surface area (Å²) in [5, 5.41) is 11.5. The normalized spacial score (nSPS) is 11.4. The number of carbonyl (C=O) groups excluding carboxylic acids is 1. The van der Waals surface area contributed by atoms with Gasteiger partial charge < -0.3 is 10.1 Å². The van der Waals surface area contributed by atoms with Crippen LogP contribution in [0.25, 0.3) is 0 Å². The molecule has 33 heavy (non-hydrogen) atoms. The predicted octanol–water partition coefficient (Wildman–Crippen LogP) is 5.09. The topological polar surface area (TPSA) is 74.0 Å². The number of benzene rings is 2. The lowest BCUT2D eigenvalue weighted by Crippen LogP contribution is -2.14. The molecule has 0 spiro atoms. The lowest BCUT2D eigenvalue weighted by Gasteiger charge is -2.10. The van der Waals surface area contributed by atoms with Gasteiger partial charge in [0, 0.05) is 18.1 Å². The van der Waals surface area contributed by atoms with E-state index in [-0.39, 0.29) is 18.2 Å². The van der Waals surface area contributed by atoms with Gasteiger partial charge in [-0.3, -0.25) is 9.48 Å². The molecule has 1 amide bonds. The third kappa shape index (κ3) is 5.92. The Morgan fingerprint density at radius 2 is 1.91 bits per heavy atom. The fraction of sp³-hybridized carbons (Fsp3) is 0.136. The van der Waals surface area contributed by atoms with Crippen molar-refractivity contribution in [2.75, 3.05) is 5.32 Å². The van der Waals surface area contributed by atoms with Crippen molar-refractivity contribution < 1.29 is 22.7 Å². The van der Waals surface area contributed by atoms with Gasteiger partial charge in [0.25, 0.3) is 5.91 Å². The molecule has 4 rings (SSSR count). The summed E-state index contributed by atoms with van der Waals surface area (Å²) in [4.78, 5) is 12.5. The minimum Gasteiger partial charge on any atom is -0.471 e. The fourth-order valence-corrected chi connectivity index (χ4v) is 3.17. The molecule has 0 unspecified atom stereocenters. The molecule has 2 aromatic carbocycles. The van der Waals surface area contributed by atoms with Gasteiger partial charge in [0.2, 0.25) is 0 Å². The summed E-state index contributed by atoms with van der Waals surface area (Å²) in [5.74, 6) is -0.395. The Morgan fingerprint density at radius 3 is 2.67 bits per heavy atom. The van der Waals surface area contributed by atoms with E-state index in [1.807, 2.05) is 6.07 Å². The number of ether oxygens (including phenoxy) is 1. The molecule has 0 aliphatic heterocycles. The Bertz CT molecular complexity index is 1270. The summed E-state index contributed by atoms with van der Waals surface area (Å²) >= 11 is 5.88. The molecule has 0 aliphatic carbocycles. The van der Waals surface area contributed by atoms with Crippen LogP contribution in [0.5, 0.6) is 5.75 Å². The van der Waals surface area contributed by atoms with Gasteiger partial charge in [-0.1, -0.05) is 29.8 Å². The monoisotopic (exact) mass is 475 g/mol. The van der Waals surface area contributed by atoms with E-state index < -0.39 is 17.6 Å². The van der Waals surface area contributed by atoms with Crippen LogP contribution in [0, 0.1) is 0 Å². The molecule has 2 heterocycles. The van der Waals surface area contributed by atoms with Gasteiger partial charge >= 0.3 is 6.18 Å². The van der Waals surface area contributed by atoms with E-state index >= 15 is 0 Å². The van der Waals surface area contributed by atoms with Crippen LogP contribution in [-0.4, -0.2) is 25.5 Å². The zero-order valence-electron chi connectivity index (χ0n) is 17.0. The van der Waals surface area contributed by atoms with Crippen LogP contribution in [0.4, 0.5) is 18.9 Å². The SMILES string of the molecule is O=C(Nc1cccc(Cn2cc(Cl)cn2)c1)c1ccn(COc2cccc(C(F)(F)F)c2)n1. The van der Waals surface area contributed by atoms with Gasteiger partial charge in [-0.2, -0.15) is 23.4 Å². The van der Waals surface area contributed by atoms with Gasteiger partial charge in [0.05, 0.1) is 23.3 Å². The number of hydrogen-bond donors (Lipinski definition) is 1. The fourth-order valence-electron chi connectivity index (χ4n) is 3.01.